The molecule has 0 saturated carbocycles. The first kappa shape index (κ1) is 20.3. The number of amides is 2. The van der Waals surface area contributed by atoms with Crippen molar-refractivity contribution in [1.82, 2.24) is 20.0 Å². The third kappa shape index (κ3) is 5.79. The van der Waals surface area contributed by atoms with Gasteiger partial charge in [0, 0.05) is 44.1 Å². The molecule has 3 aromatic rings. The summed E-state index contributed by atoms with van der Waals surface area (Å²) in [6.45, 7) is 3.17. The highest BCUT2D eigenvalue weighted by Gasteiger charge is 2.22. The molecule has 0 aliphatic carbocycles. The Balaban J connectivity index is 1.17. The number of piperidine rings is 1. The summed E-state index contributed by atoms with van der Waals surface area (Å²) in [6, 6.07) is 20.2. The molecular weight excluding hydrogens is 394 g/mol. The van der Waals surface area contributed by atoms with E-state index in [1.54, 1.807) is 0 Å². The van der Waals surface area contributed by atoms with E-state index in [4.69, 9.17) is 4.98 Å². The molecule has 6 nitrogen and oxygen atoms in total. The molecule has 2 heterocycles. The zero-order valence-corrected chi connectivity index (χ0v) is 17.8. The largest absolute Gasteiger partial charge is 0.347 e. The average molecular weight is 422 g/mol. The number of hydrogen-bond acceptors (Lipinski definition) is 5. The van der Waals surface area contributed by atoms with E-state index in [0.717, 1.165) is 48.9 Å². The maximum Gasteiger partial charge on any atom is 0.315 e. The van der Waals surface area contributed by atoms with Crippen LogP contribution in [0, 0.1) is 5.92 Å². The minimum absolute atomic E-state index is 0.101. The first-order valence-corrected chi connectivity index (χ1v) is 11.2. The van der Waals surface area contributed by atoms with E-state index in [9.17, 15) is 4.79 Å². The van der Waals surface area contributed by atoms with Gasteiger partial charge < -0.3 is 15.5 Å². The summed E-state index contributed by atoms with van der Waals surface area (Å²) in [4.78, 5) is 19.1. The van der Waals surface area contributed by atoms with Gasteiger partial charge in [0.05, 0.1) is 0 Å². The summed E-state index contributed by atoms with van der Waals surface area (Å²) in [7, 11) is 0. The SMILES string of the molecule is O=C(NCc1ccccc1)NCC1CCN(c2nc(Cc3ccccc3)ns2)CC1. The molecule has 2 N–H and O–H groups in total. The highest BCUT2D eigenvalue weighted by atomic mass is 32.1. The third-order valence-electron chi connectivity index (χ3n) is 5.39. The molecule has 7 heteroatoms. The molecule has 0 bridgehead atoms. The highest BCUT2D eigenvalue weighted by molar-refractivity contribution is 7.09. The van der Waals surface area contributed by atoms with E-state index in [1.807, 2.05) is 48.5 Å². The molecule has 0 radical (unpaired) electrons. The Morgan fingerprint density at radius 1 is 0.967 bits per heavy atom. The second-order valence-electron chi connectivity index (χ2n) is 7.64. The van der Waals surface area contributed by atoms with Gasteiger partial charge in [-0.15, -0.1) is 0 Å². The molecule has 1 fully saturated rings. The highest BCUT2D eigenvalue weighted by Crippen LogP contribution is 2.25. The molecule has 30 heavy (non-hydrogen) atoms. The standard InChI is InChI=1S/C23H27N5OS/c29-22(24-16-19-9-5-2-6-10-19)25-17-20-11-13-28(14-12-20)23-26-21(27-30-23)15-18-7-3-1-4-8-18/h1-10,20H,11-17H2,(H2,24,25,29). The first-order valence-electron chi connectivity index (χ1n) is 10.4. The first-order chi connectivity index (χ1) is 14.8. The predicted octanol–water partition coefficient (Wildman–Crippen LogP) is 3.84. The summed E-state index contributed by atoms with van der Waals surface area (Å²) in [6.07, 6.45) is 2.87. The van der Waals surface area contributed by atoms with Crippen LogP contribution < -0.4 is 15.5 Å². The number of carbonyl (C=O) groups excluding carboxylic acids is 1. The van der Waals surface area contributed by atoms with Gasteiger partial charge in [-0.3, -0.25) is 0 Å². The van der Waals surface area contributed by atoms with Gasteiger partial charge in [-0.05, 0) is 29.9 Å². The van der Waals surface area contributed by atoms with Crippen LogP contribution in [-0.4, -0.2) is 35.0 Å². The van der Waals surface area contributed by atoms with E-state index < -0.39 is 0 Å². The summed E-state index contributed by atoms with van der Waals surface area (Å²) in [5.74, 6) is 1.39. The quantitative estimate of drug-likeness (QED) is 0.608. The fourth-order valence-electron chi connectivity index (χ4n) is 3.63. The van der Waals surface area contributed by atoms with Crippen LogP contribution in [0.3, 0.4) is 0 Å². The Morgan fingerprint density at radius 3 is 2.33 bits per heavy atom. The second kappa shape index (κ2) is 10.2. The predicted molar refractivity (Wildman–Crippen MR) is 121 cm³/mol. The van der Waals surface area contributed by atoms with E-state index in [1.165, 1.54) is 17.1 Å². The van der Waals surface area contributed by atoms with Gasteiger partial charge >= 0.3 is 6.03 Å². The molecule has 156 valence electrons. The molecule has 1 aliphatic heterocycles. The number of nitrogens with one attached hydrogen (secondary N) is 2. The molecule has 4 rings (SSSR count). The van der Waals surface area contributed by atoms with Crippen LogP contribution in [-0.2, 0) is 13.0 Å². The number of rotatable bonds is 7. The Labute approximate surface area is 181 Å². The normalized spacial score (nSPS) is 14.5. The Hall–Kier alpha value is -2.93. The summed E-state index contributed by atoms with van der Waals surface area (Å²) in [5, 5.41) is 6.94. The minimum atomic E-state index is -0.101. The van der Waals surface area contributed by atoms with Crippen molar-refractivity contribution in [2.45, 2.75) is 25.8 Å². The van der Waals surface area contributed by atoms with Gasteiger partial charge in [0.25, 0.3) is 0 Å². The van der Waals surface area contributed by atoms with E-state index in [-0.39, 0.29) is 6.03 Å². The van der Waals surface area contributed by atoms with Crippen molar-refractivity contribution in [1.29, 1.82) is 0 Å². The maximum absolute atomic E-state index is 12.0. The lowest BCUT2D eigenvalue weighted by atomic mass is 9.97. The molecule has 0 spiro atoms. The number of carbonyl (C=O) groups is 1. The molecule has 2 aromatic carbocycles. The molecule has 1 aromatic heterocycles. The number of urea groups is 1. The Kier molecular flexibility index (Phi) is 6.92. The lowest BCUT2D eigenvalue weighted by molar-refractivity contribution is 0.237. The van der Waals surface area contributed by atoms with E-state index in [0.29, 0.717) is 19.0 Å². The molecule has 1 saturated heterocycles. The van der Waals surface area contributed by atoms with Gasteiger partial charge in [0.2, 0.25) is 5.13 Å². The molecule has 0 atom stereocenters. The second-order valence-corrected chi connectivity index (χ2v) is 8.37. The smallest absolute Gasteiger partial charge is 0.315 e. The van der Waals surface area contributed by atoms with Gasteiger partial charge in [-0.1, -0.05) is 60.7 Å². The summed E-state index contributed by atoms with van der Waals surface area (Å²) in [5.41, 5.74) is 2.34. The zero-order chi connectivity index (χ0) is 20.6. The monoisotopic (exact) mass is 421 g/mol. The fourth-order valence-corrected chi connectivity index (χ4v) is 4.37. The molecule has 0 unspecified atom stereocenters. The Bertz CT molecular complexity index is 923. The van der Waals surface area contributed by atoms with Crippen molar-refractivity contribution >= 4 is 22.7 Å². The van der Waals surface area contributed by atoms with Crippen LogP contribution in [0.1, 0.15) is 29.8 Å². The fraction of sp³-hybridized carbons (Fsp3) is 0.348. The van der Waals surface area contributed by atoms with Crippen LogP contribution in [0.2, 0.25) is 0 Å². The van der Waals surface area contributed by atoms with Crippen molar-refractivity contribution < 1.29 is 4.79 Å². The number of aromatic nitrogens is 2. The average Bonchev–Trinajstić information content (AvgIpc) is 3.26. The third-order valence-corrected chi connectivity index (χ3v) is 6.21. The molecule has 1 aliphatic rings. The van der Waals surface area contributed by atoms with Gasteiger partial charge in [-0.2, -0.15) is 4.37 Å². The van der Waals surface area contributed by atoms with Gasteiger partial charge in [-0.25, -0.2) is 9.78 Å². The number of nitrogens with zero attached hydrogens (tertiary/aromatic N) is 3. The van der Waals surface area contributed by atoms with Crippen molar-refractivity contribution in [3.8, 4) is 0 Å². The van der Waals surface area contributed by atoms with Crippen LogP contribution in [0.15, 0.2) is 60.7 Å². The Morgan fingerprint density at radius 2 is 1.63 bits per heavy atom. The van der Waals surface area contributed by atoms with Crippen LogP contribution in [0.5, 0.6) is 0 Å². The van der Waals surface area contributed by atoms with Crippen molar-refractivity contribution in [3.05, 3.63) is 77.6 Å². The molecular formula is C23H27N5OS. The summed E-state index contributed by atoms with van der Waals surface area (Å²) >= 11 is 1.48. The summed E-state index contributed by atoms with van der Waals surface area (Å²) < 4.78 is 4.53. The maximum atomic E-state index is 12.0. The van der Waals surface area contributed by atoms with Crippen molar-refractivity contribution in [3.63, 3.8) is 0 Å². The number of benzene rings is 2. The van der Waals surface area contributed by atoms with Crippen LogP contribution >= 0.6 is 11.5 Å². The van der Waals surface area contributed by atoms with Gasteiger partial charge in [0.1, 0.15) is 5.82 Å². The minimum Gasteiger partial charge on any atom is -0.347 e. The number of anilines is 1. The number of hydrogen-bond donors (Lipinski definition) is 2. The van der Waals surface area contributed by atoms with Crippen molar-refractivity contribution in [2.24, 2.45) is 5.92 Å². The van der Waals surface area contributed by atoms with E-state index >= 15 is 0 Å². The zero-order valence-electron chi connectivity index (χ0n) is 17.0. The lowest BCUT2D eigenvalue weighted by Gasteiger charge is -2.31. The van der Waals surface area contributed by atoms with Crippen molar-refractivity contribution in [2.75, 3.05) is 24.5 Å². The lowest BCUT2D eigenvalue weighted by Crippen LogP contribution is -2.41. The van der Waals surface area contributed by atoms with Crippen LogP contribution in [0.25, 0.3) is 0 Å². The van der Waals surface area contributed by atoms with Gasteiger partial charge in [0.15, 0.2) is 0 Å². The topological polar surface area (TPSA) is 70.2 Å². The molecule has 2 amide bonds. The van der Waals surface area contributed by atoms with Crippen LogP contribution in [0.4, 0.5) is 9.93 Å². The van der Waals surface area contributed by atoms with E-state index in [2.05, 4.69) is 32.0 Å².